The fourth-order valence-electron chi connectivity index (χ4n) is 3.83. The van der Waals surface area contributed by atoms with Crippen LogP contribution >= 0.6 is 0 Å². The van der Waals surface area contributed by atoms with Crippen molar-refractivity contribution < 1.29 is 24.3 Å². The molecule has 2 aromatic carbocycles. The molecule has 3 N–H and O–H groups in total. The lowest BCUT2D eigenvalue weighted by atomic mass is 9.90. The van der Waals surface area contributed by atoms with Crippen molar-refractivity contribution in [2.24, 2.45) is 0 Å². The molecule has 0 spiro atoms. The van der Waals surface area contributed by atoms with E-state index in [2.05, 4.69) is 24.5 Å². The van der Waals surface area contributed by atoms with Gasteiger partial charge in [-0.1, -0.05) is 58.0 Å². The van der Waals surface area contributed by atoms with Gasteiger partial charge in [-0.3, -0.25) is 14.4 Å². The van der Waals surface area contributed by atoms with Crippen LogP contribution in [0.2, 0.25) is 0 Å². The number of rotatable bonds is 13. The lowest BCUT2D eigenvalue weighted by Gasteiger charge is -2.20. The fourth-order valence-corrected chi connectivity index (χ4v) is 3.83. The molecular weight excluding hydrogens is 456 g/mol. The van der Waals surface area contributed by atoms with Gasteiger partial charge >= 0.3 is 5.97 Å². The fraction of sp³-hybridized carbons (Fsp3) is 0.448. The van der Waals surface area contributed by atoms with Gasteiger partial charge in [0.15, 0.2) is 0 Å². The maximum atomic E-state index is 13.0. The van der Waals surface area contributed by atoms with Gasteiger partial charge in [-0.2, -0.15) is 0 Å². The Balaban J connectivity index is 0.00000648. The Bertz CT molecular complexity index is 1030. The average molecular weight is 497 g/mol. The van der Waals surface area contributed by atoms with E-state index in [1.165, 1.54) is 0 Å². The summed E-state index contributed by atoms with van der Waals surface area (Å²) in [6, 6.07) is 12.3. The Kier molecular flexibility index (Phi) is 12.6. The van der Waals surface area contributed by atoms with Crippen molar-refractivity contribution in [1.29, 1.82) is 0 Å². The standard InChI is InChI=1S/C28H36N2O5.CH4/c1-18(2)21-10-12-22(13-11-21)25(28(35)30-24(17-31)16-26(32)33)7-5-6-14-29-27(34)23-9-8-19(3)20(4)15-23;/h8-13,15,17-18,24-25H,5-7,14,16H2,1-4H3,(H,29,34)(H,30,35)(H,32,33);1H4/t24-,25?;/m0./s1. The number of unbranched alkanes of at least 4 members (excludes halogenated alkanes) is 1. The average Bonchev–Trinajstić information content (AvgIpc) is 2.82. The zero-order valence-electron chi connectivity index (χ0n) is 21.0. The summed E-state index contributed by atoms with van der Waals surface area (Å²) in [7, 11) is 0. The third kappa shape index (κ3) is 9.29. The van der Waals surface area contributed by atoms with E-state index < -0.39 is 24.3 Å². The van der Waals surface area contributed by atoms with Crippen molar-refractivity contribution in [3.05, 3.63) is 70.3 Å². The molecule has 2 rings (SSSR count). The molecule has 0 radical (unpaired) electrons. The van der Waals surface area contributed by atoms with Gasteiger partial charge in [0.25, 0.3) is 5.91 Å². The summed E-state index contributed by atoms with van der Waals surface area (Å²) in [5.74, 6) is -1.83. The summed E-state index contributed by atoms with van der Waals surface area (Å²) in [5.41, 5.74) is 4.78. The second kappa shape index (κ2) is 14.8. The molecule has 0 aromatic heterocycles. The molecule has 36 heavy (non-hydrogen) atoms. The molecule has 0 saturated heterocycles. The van der Waals surface area contributed by atoms with Crippen molar-refractivity contribution >= 4 is 24.1 Å². The molecular formula is C29H40N2O5. The number of amides is 2. The van der Waals surface area contributed by atoms with E-state index in [0.717, 1.165) is 22.3 Å². The zero-order valence-corrected chi connectivity index (χ0v) is 21.0. The van der Waals surface area contributed by atoms with Crippen molar-refractivity contribution in [2.45, 2.75) is 78.7 Å². The van der Waals surface area contributed by atoms with Crippen molar-refractivity contribution in [3.8, 4) is 0 Å². The smallest absolute Gasteiger partial charge is 0.305 e. The summed E-state index contributed by atoms with van der Waals surface area (Å²) in [6.07, 6.45) is 1.84. The number of nitrogens with one attached hydrogen (secondary N) is 2. The minimum atomic E-state index is -1.15. The Hall–Kier alpha value is -3.48. The molecule has 0 aliphatic heterocycles. The topological polar surface area (TPSA) is 113 Å². The van der Waals surface area contributed by atoms with Crippen LogP contribution in [0.3, 0.4) is 0 Å². The number of carboxylic acids is 1. The number of hydrogen-bond donors (Lipinski definition) is 3. The first-order valence-electron chi connectivity index (χ1n) is 12.0. The van der Waals surface area contributed by atoms with Crippen LogP contribution in [0.5, 0.6) is 0 Å². The van der Waals surface area contributed by atoms with Crippen LogP contribution in [0.4, 0.5) is 0 Å². The second-order valence-electron chi connectivity index (χ2n) is 9.27. The molecule has 196 valence electrons. The Labute approximate surface area is 214 Å². The largest absolute Gasteiger partial charge is 0.481 e. The molecule has 0 bridgehead atoms. The minimum Gasteiger partial charge on any atom is -0.481 e. The highest BCUT2D eigenvalue weighted by molar-refractivity contribution is 5.94. The molecule has 0 fully saturated rings. The van der Waals surface area contributed by atoms with Crippen LogP contribution in [-0.4, -0.2) is 41.8 Å². The monoisotopic (exact) mass is 496 g/mol. The number of hydrogen-bond acceptors (Lipinski definition) is 4. The molecule has 7 heteroatoms. The van der Waals surface area contributed by atoms with Gasteiger partial charge in [-0.05, 0) is 67.0 Å². The van der Waals surface area contributed by atoms with Crippen LogP contribution in [0.1, 0.15) is 91.4 Å². The molecule has 2 aromatic rings. The lowest BCUT2D eigenvalue weighted by molar-refractivity contribution is -0.138. The van der Waals surface area contributed by atoms with E-state index in [9.17, 15) is 19.2 Å². The van der Waals surface area contributed by atoms with E-state index >= 15 is 0 Å². The maximum absolute atomic E-state index is 13.0. The molecule has 2 atom stereocenters. The van der Waals surface area contributed by atoms with Gasteiger partial charge < -0.3 is 20.5 Å². The van der Waals surface area contributed by atoms with Crippen LogP contribution in [0.15, 0.2) is 42.5 Å². The van der Waals surface area contributed by atoms with Gasteiger partial charge in [0.05, 0.1) is 18.4 Å². The van der Waals surface area contributed by atoms with E-state index in [4.69, 9.17) is 5.11 Å². The van der Waals surface area contributed by atoms with E-state index in [0.29, 0.717) is 43.6 Å². The Morgan fingerprint density at radius 3 is 2.14 bits per heavy atom. The Morgan fingerprint density at radius 2 is 1.58 bits per heavy atom. The lowest BCUT2D eigenvalue weighted by Crippen LogP contribution is -2.40. The van der Waals surface area contributed by atoms with Crippen molar-refractivity contribution in [2.75, 3.05) is 6.54 Å². The highest BCUT2D eigenvalue weighted by Crippen LogP contribution is 2.25. The van der Waals surface area contributed by atoms with Gasteiger partial charge in [0.1, 0.15) is 6.29 Å². The van der Waals surface area contributed by atoms with E-state index in [1.54, 1.807) is 6.07 Å². The van der Waals surface area contributed by atoms with Crippen molar-refractivity contribution in [3.63, 3.8) is 0 Å². The number of benzene rings is 2. The maximum Gasteiger partial charge on any atom is 0.305 e. The molecule has 1 unspecified atom stereocenters. The van der Waals surface area contributed by atoms with Crippen LogP contribution in [-0.2, 0) is 14.4 Å². The predicted octanol–water partition coefficient (Wildman–Crippen LogP) is 4.91. The SMILES string of the molecule is C.Cc1ccc(C(=O)NCCCCC(C(=O)N[C@H](C=O)CC(=O)O)c2ccc(C(C)C)cc2)cc1C. The predicted molar refractivity (Wildman–Crippen MR) is 142 cm³/mol. The van der Waals surface area contributed by atoms with Gasteiger partial charge in [-0.15, -0.1) is 0 Å². The second-order valence-corrected chi connectivity index (χ2v) is 9.27. The number of aliphatic carboxylic acids is 1. The third-order valence-electron chi connectivity index (χ3n) is 6.18. The summed E-state index contributed by atoms with van der Waals surface area (Å²) in [5, 5.41) is 14.5. The summed E-state index contributed by atoms with van der Waals surface area (Å²) >= 11 is 0. The minimum absolute atomic E-state index is 0. The quantitative estimate of drug-likeness (QED) is 0.270. The molecule has 0 aliphatic rings. The Morgan fingerprint density at radius 1 is 0.944 bits per heavy atom. The number of carbonyl (C=O) groups is 4. The van der Waals surface area contributed by atoms with E-state index in [-0.39, 0.29) is 19.2 Å². The zero-order chi connectivity index (χ0) is 26.0. The molecule has 7 nitrogen and oxygen atoms in total. The summed E-state index contributed by atoms with van der Waals surface area (Å²) in [6.45, 7) is 8.62. The number of carboxylic acid groups (broad SMARTS) is 1. The number of carbonyl (C=O) groups excluding carboxylic acids is 3. The van der Waals surface area contributed by atoms with Crippen LogP contribution < -0.4 is 10.6 Å². The molecule has 0 aliphatic carbocycles. The first-order valence-corrected chi connectivity index (χ1v) is 12.0. The summed E-state index contributed by atoms with van der Waals surface area (Å²) in [4.78, 5) is 47.6. The van der Waals surface area contributed by atoms with Gasteiger partial charge in [-0.25, -0.2) is 0 Å². The number of aldehydes is 1. The number of aryl methyl sites for hydroxylation is 2. The van der Waals surface area contributed by atoms with Gasteiger partial charge in [0.2, 0.25) is 5.91 Å². The summed E-state index contributed by atoms with van der Waals surface area (Å²) < 4.78 is 0. The molecule has 0 saturated carbocycles. The highest BCUT2D eigenvalue weighted by Gasteiger charge is 2.24. The third-order valence-corrected chi connectivity index (χ3v) is 6.18. The van der Waals surface area contributed by atoms with Crippen molar-refractivity contribution in [1.82, 2.24) is 10.6 Å². The van der Waals surface area contributed by atoms with Gasteiger partial charge in [0, 0.05) is 12.1 Å². The molecule has 0 heterocycles. The first kappa shape index (κ1) is 30.6. The van der Waals surface area contributed by atoms with Crippen LogP contribution in [0.25, 0.3) is 0 Å². The van der Waals surface area contributed by atoms with Crippen LogP contribution in [0, 0.1) is 13.8 Å². The van der Waals surface area contributed by atoms with E-state index in [1.807, 2.05) is 50.2 Å². The highest BCUT2D eigenvalue weighted by atomic mass is 16.4. The first-order chi connectivity index (χ1) is 16.6. The normalized spacial score (nSPS) is 12.2. The molecule has 2 amide bonds.